The summed E-state index contributed by atoms with van der Waals surface area (Å²) in [6, 6.07) is 0. The van der Waals surface area contributed by atoms with Crippen LogP contribution in [0.15, 0.2) is 0 Å². The Morgan fingerprint density at radius 3 is 2.12 bits per heavy atom. The van der Waals surface area contributed by atoms with Gasteiger partial charge in [0.05, 0.1) is 7.85 Å². The molecule has 0 aromatic heterocycles. The van der Waals surface area contributed by atoms with Gasteiger partial charge < -0.3 is 4.79 Å². The zero-order valence-corrected chi connectivity index (χ0v) is 7.18. The third kappa shape index (κ3) is 2.69. The molecule has 0 aliphatic heterocycles. The normalized spacial score (nSPS) is 15.4. The van der Waals surface area contributed by atoms with E-state index in [1.54, 1.807) is 0 Å². The number of halogens is 1. The van der Waals surface area contributed by atoms with Crippen LogP contribution < -0.4 is 0 Å². The Bertz CT molecular complexity index is 86.9. The van der Waals surface area contributed by atoms with Crippen LogP contribution in [0.1, 0.15) is 13.8 Å². The van der Waals surface area contributed by atoms with Crippen molar-refractivity contribution in [3.8, 4) is 0 Å². The Labute approximate surface area is 64.8 Å². The van der Waals surface area contributed by atoms with Crippen molar-refractivity contribution in [1.82, 2.24) is 0 Å². The van der Waals surface area contributed by atoms with E-state index in [2.05, 4.69) is 22.6 Å². The molecule has 44 valence electrons. The molecule has 0 saturated heterocycles. The van der Waals surface area contributed by atoms with Crippen LogP contribution in [0.5, 0.6) is 0 Å². The van der Waals surface area contributed by atoms with Crippen LogP contribution in [-0.4, -0.2) is 17.6 Å². The summed E-state index contributed by atoms with van der Waals surface area (Å²) in [6.07, 6.45) is 0.770. The molecule has 1 nitrogen and oxygen atoms in total. The minimum atomic E-state index is -0.344. The molecule has 1 unspecified atom stereocenters. The first-order valence-electron chi connectivity index (χ1n) is 2.38. The maximum absolute atomic E-state index is 10.0. The molecule has 1 atom stereocenters. The van der Waals surface area contributed by atoms with Gasteiger partial charge in [-0.15, -0.1) is 0 Å². The van der Waals surface area contributed by atoms with Crippen LogP contribution in [-0.2, 0) is 4.79 Å². The summed E-state index contributed by atoms with van der Waals surface area (Å²) in [6.45, 7) is 3.85. The Kier molecular flexibility index (Phi) is 3.01. The third-order valence-electron chi connectivity index (χ3n) is 0.939. The number of hydrogen-bond donors (Lipinski definition) is 0. The smallest absolute Gasteiger partial charge is 0.115 e. The Morgan fingerprint density at radius 1 is 1.75 bits per heavy atom. The second kappa shape index (κ2) is 2.85. The highest BCUT2D eigenvalue weighted by atomic mass is 127. The number of alkyl halides is 1. The van der Waals surface area contributed by atoms with Crippen LogP contribution in [0.3, 0.4) is 0 Å². The zero-order chi connectivity index (χ0) is 6.78. The first-order chi connectivity index (χ1) is 3.48. The van der Waals surface area contributed by atoms with Crippen molar-refractivity contribution >= 4 is 36.7 Å². The monoisotopic (exact) mass is 222 g/mol. The number of carbonyl (C=O) groups is 1. The van der Waals surface area contributed by atoms with Gasteiger partial charge in [0.1, 0.15) is 6.29 Å². The van der Waals surface area contributed by atoms with E-state index >= 15 is 0 Å². The van der Waals surface area contributed by atoms with Crippen molar-refractivity contribution in [2.24, 2.45) is 0 Å². The molecule has 0 aromatic rings. The lowest BCUT2D eigenvalue weighted by Crippen LogP contribution is -2.19. The van der Waals surface area contributed by atoms with Crippen molar-refractivity contribution < 1.29 is 4.79 Å². The maximum atomic E-state index is 10.0. The maximum Gasteiger partial charge on any atom is 0.115 e. The van der Waals surface area contributed by atoms with Gasteiger partial charge in [0, 0.05) is 3.42 Å². The highest BCUT2D eigenvalue weighted by Crippen LogP contribution is 2.27. The highest BCUT2D eigenvalue weighted by Gasteiger charge is 2.19. The predicted octanol–water partition coefficient (Wildman–Crippen LogP) is 1.36. The van der Waals surface area contributed by atoms with Crippen molar-refractivity contribution in [2.75, 3.05) is 0 Å². The van der Waals surface area contributed by atoms with Gasteiger partial charge in [-0.05, 0) is 5.82 Å². The van der Waals surface area contributed by atoms with Crippen molar-refractivity contribution in [3.05, 3.63) is 0 Å². The molecule has 0 spiro atoms. The van der Waals surface area contributed by atoms with Crippen molar-refractivity contribution in [2.45, 2.75) is 23.1 Å². The molecule has 0 aliphatic rings. The third-order valence-corrected chi connectivity index (χ3v) is 1.66. The van der Waals surface area contributed by atoms with Gasteiger partial charge in [-0.25, -0.2) is 0 Å². The Balaban J connectivity index is 3.80. The standard InChI is InChI=1S/C5H8BIO/c1-5(2,7)4(6)3-8/h3-4H,1-2H3. The van der Waals surface area contributed by atoms with Crippen LogP contribution in [0.25, 0.3) is 0 Å². The molecule has 0 aromatic carbocycles. The summed E-state index contributed by atoms with van der Waals surface area (Å²) >= 11 is 2.15. The first kappa shape index (κ1) is 8.46. The van der Waals surface area contributed by atoms with Crippen LogP contribution in [0, 0.1) is 0 Å². The lowest BCUT2D eigenvalue weighted by molar-refractivity contribution is -0.108. The minimum Gasteiger partial charge on any atom is -0.304 e. The molecular weight excluding hydrogens is 214 g/mol. The number of aldehydes is 1. The van der Waals surface area contributed by atoms with Gasteiger partial charge in [-0.2, -0.15) is 0 Å². The van der Waals surface area contributed by atoms with E-state index in [-0.39, 0.29) is 9.24 Å². The molecule has 8 heavy (non-hydrogen) atoms. The quantitative estimate of drug-likeness (QED) is 0.298. The summed E-state index contributed by atoms with van der Waals surface area (Å²) < 4.78 is -0.112. The van der Waals surface area contributed by atoms with Gasteiger partial charge in [-0.3, -0.25) is 0 Å². The van der Waals surface area contributed by atoms with Gasteiger partial charge in [-0.1, -0.05) is 36.4 Å². The number of hydrogen-bond acceptors (Lipinski definition) is 1. The lowest BCUT2D eigenvalue weighted by atomic mass is 9.80. The fourth-order valence-corrected chi connectivity index (χ4v) is 0.309. The van der Waals surface area contributed by atoms with Gasteiger partial charge in [0.15, 0.2) is 0 Å². The molecule has 0 bridgehead atoms. The van der Waals surface area contributed by atoms with E-state index in [4.69, 9.17) is 7.85 Å². The van der Waals surface area contributed by atoms with Gasteiger partial charge >= 0.3 is 0 Å². The summed E-state index contributed by atoms with van der Waals surface area (Å²) in [5.41, 5.74) is 0. The van der Waals surface area contributed by atoms with E-state index < -0.39 is 0 Å². The lowest BCUT2D eigenvalue weighted by Gasteiger charge is -2.19. The second-order valence-electron chi connectivity index (χ2n) is 2.23. The average Bonchev–Trinajstić information content (AvgIpc) is 1.62. The molecule has 0 N–H and O–H groups in total. The molecule has 0 amide bonds. The van der Waals surface area contributed by atoms with Gasteiger partial charge in [0.2, 0.25) is 0 Å². The van der Waals surface area contributed by atoms with Gasteiger partial charge in [0.25, 0.3) is 0 Å². The molecule has 0 rings (SSSR count). The summed E-state index contributed by atoms with van der Waals surface area (Å²) in [7, 11) is 5.37. The average molecular weight is 222 g/mol. The largest absolute Gasteiger partial charge is 0.304 e. The number of carbonyl (C=O) groups excluding carboxylic acids is 1. The molecule has 0 heterocycles. The Hall–Kier alpha value is 0.465. The molecule has 0 saturated carbocycles. The minimum absolute atomic E-state index is 0.112. The molecule has 0 fully saturated rings. The van der Waals surface area contributed by atoms with Crippen LogP contribution in [0.2, 0.25) is 5.82 Å². The summed E-state index contributed by atoms with van der Waals surface area (Å²) in [4.78, 5) is 10.0. The van der Waals surface area contributed by atoms with Crippen molar-refractivity contribution in [1.29, 1.82) is 0 Å². The van der Waals surface area contributed by atoms with E-state index in [1.807, 2.05) is 13.8 Å². The van der Waals surface area contributed by atoms with E-state index in [1.165, 1.54) is 0 Å². The van der Waals surface area contributed by atoms with E-state index in [0.29, 0.717) is 0 Å². The molecule has 0 aliphatic carbocycles. The zero-order valence-electron chi connectivity index (χ0n) is 5.02. The molecular formula is C5H8BIO. The topological polar surface area (TPSA) is 17.1 Å². The van der Waals surface area contributed by atoms with Crippen LogP contribution >= 0.6 is 22.6 Å². The van der Waals surface area contributed by atoms with E-state index in [0.717, 1.165) is 6.29 Å². The fraction of sp³-hybridized carbons (Fsp3) is 0.800. The molecule has 2 radical (unpaired) electrons. The summed E-state index contributed by atoms with van der Waals surface area (Å²) in [5, 5.41) is 0. The first-order valence-corrected chi connectivity index (χ1v) is 3.46. The fourth-order valence-electron chi connectivity index (χ4n) is 0.162. The number of rotatable bonds is 2. The summed E-state index contributed by atoms with van der Waals surface area (Å²) in [5.74, 6) is -0.344. The van der Waals surface area contributed by atoms with Crippen molar-refractivity contribution in [3.63, 3.8) is 0 Å². The molecule has 3 heteroatoms. The van der Waals surface area contributed by atoms with E-state index in [9.17, 15) is 4.79 Å². The SMILES string of the molecule is [B]C(C=O)C(C)(C)I. The highest BCUT2D eigenvalue weighted by molar-refractivity contribution is 14.1. The van der Waals surface area contributed by atoms with Crippen LogP contribution in [0.4, 0.5) is 0 Å². The Morgan fingerprint density at radius 2 is 2.12 bits per heavy atom. The second-order valence-corrected chi connectivity index (χ2v) is 5.01. The predicted molar refractivity (Wildman–Crippen MR) is 43.7 cm³/mol.